The second-order valence-corrected chi connectivity index (χ2v) is 9.57. The third-order valence-electron chi connectivity index (χ3n) is 7.37. The number of nitrogens with zero attached hydrogens (tertiary/aromatic N) is 4. The molecular weight excluding hydrogens is 464 g/mol. The van der Waals surface area contributed by atoms with Crippen molar-refractivity contribution in [2.45, 2.75) is 0 Å². The average Bonchev–Trinajstić information content (AvgIpc) is 3.56. The van der Waals surface area contributed by atoms with Crippen LogP contribution in [0.4, 0.5) is 0 Å². The average molecular weight is 487 g/mol. The standard InChI is InChI=1S/C34H22N4/c1-2-13-24(14-3-1)37-21-29-30(22-37)35-34(36-33(29)28-18-10-12-23-11-4-5-15-25(23)28)38-31-19-8-6-16-26(31)27-17-7-9-20-32(27)38/h1-22H. The van der Waals surface area contributed by atoms with Crippen LogP contribution in [-0.4, -0.2) is 19.1 Å². The van der Waals surface area contributed by atoms with E-state index in [0.717, 1.165) is 38.9 Å². The zero-order valence-corrected chi connectivity index (χ0v) is 20.5. The van der Waals surface area contributed by atoms with E-state index in [1.165, 1.54) is 21.5 Å². The van der Waals surface area contributed by atoms with Crippen LogP contribution in [0.15, 0.2) is 134 Å². The van der Waals surface area contributed by atoms with Crippen LogP contribution in [0.25, 0.3) is 66.4 Å². The maximum atomic E-state index is 5.31. The fourth-order valence-corrected chi connectivity index (χ4v) is 5.63. The Balaban J connectivity index is 1.49. The van der Waals surface area contributed by atoms with Crippen molar-refractivity contribution in [3.63, 3.8) is 0 Å². The van der Waals surface area contributed by atoms with Crippen LogP contribution in [0, 0.1) is 0 Å². The molecule has 0 aliphatic carbocycles. The molecule has 0 saturated heterocycles. The van der Waals surface area contributed by atoms with Gasteiger partial charge in [0.25, 0.3) is 0 Å². The van der Waals surface area contributed by atoms with Crippen molar-refractivity contribution in [1.82, 2.24) is 19.1 Å². The van der Waals surface area contributed by atoms with E-state index < -0.39 is 0 Å². The van der Waals surface area contributed by atoms with E-state index in [9.17, 15) is 0 Å². The van der Waals surface area contributed by atoms with Crippen LogP contribution >= 0.6 is 0 Å². The summed E-state index contributed by atoms with van der Waals surface area (Å²) in [7, 11) is 0. The fraction of sp³-hybridized carbons (Fsp3) is 0. The van der Waals surface area contributed by atoms with Crippen molar-refractivity contribution in [3.05, 3.63) is 134 Å². The maximum Gasteiger partial charge on any atom is 0.235 e. The molecule has 0 amide bonds. The highest BCUT2D eigenvalue weighted by Crippen LogP contribution is 2.36. The minimum atomic E-state index is 0.670. The lowest BCUT2D eigenvalue weighted by Crippen LogP contribution is -2.02. The van der Waals surface area contributed by atoms with Crippen LogP contribution < -0.4 is 0 Å². The van der Waals surface area contributed by atoms with Gasteiger partial charge in [0, 0.05) is 39.8 Å². The topological polar surface area (TPSA) is 35.6 Å². The first-order valence-electron chi connectivity index (χ1n) is 12.8. The van der Waals surface area contributed by atoms with Crippen molar-refractivity contribution in [2.75, 3.05) is 0 Å². The molecule has 178 valence electrons. The molecule has 0 fully saturated rings. The fourth-order valence-electron chi connectivity index (χ4n) is 5.63. The van der Waals surface area contributed by atoms with Gasteiger partial charge in [0.2, 0.25) is 5.95 Å². The number of hydrogen-bond donors (Lipinski definition) is 0. The molecule has 0 spiro atoms. The molecule has 0 N–H and O–H groups in total. The minimum Gasteiger partial charge on any atom is -0.321 e. The summed E-state index contributed by atoms with van der Waals surface area (Å²) in [5.41, 5.74) is 6.22. The molecule has 3 heterocycles. The van der Waals surface area contributed by atoms with E-state index in [1.807, 2.05) is 6.07 Å². The van der Waals surface area contributed by atoms with Gasteiger partial charge in [-0.25, -0.2) is 9.97 Å². The number of rotatable bonds is 3. The van der Waals surface area contributed by atoms with E-state index in [1.54, 1.807) is 0 Å². The number of para-hydroxylation sites is 3. The van der Waals surface area contributed by atoms with E-state index in [-0.39, 0.29) is 0 Å². The van der Waals surface area contributed by atoms with Crippen molar-refractivity contribution in [1.29, 1.82) is 0 Å². The number of aromatic nitrogens is 4. The van der Waals surface area contributed by atoms with Gasteiger partial charge in [-0.15, -0.1) is 0 Å². The predicted octanol–water partition coefficient (Wildman–Crippen LogP) is 8.34. The number of benzene rings is 5. The van der Waals surface area contributed by atoms with Gasteiger partial charge >= 0.3 is 0 Å². The van der Waals surface area contributed by atoms with E-state index in [0.29, 0.717) is 5.95 Å². The minimum absolute atomic E-state index is 0.670. The molecule has 8 aromatic rings. The Morgan fingerprint density at radius 2 is 1.11 bits per heavy atom. The van der Waals surface area contributed by atoms with E-state index >= 15 is 0 Å². The van der Waals surface area contributed by atoms with Gasteiger partial charge in [-0.05, 0) is 35.0 Å². The molecule has 0 atom stereocenters. The second kappa shape index (κ2) is 8.15. The molecule has 3 aromatic heterocycles. The van der Waals surface area contributed by atoms with Crippen LogP contribution in [0.3, 0.4) is 0 Å². The zero-order chi connectivity index (χ0) is 25.1. The Labute approximate surface area is 219 Å². The molecule has 0 aliphatic heterocycles. The zero-order valence-electron chi connectivity index (χ0n) is 20.5. The lowest BCUT2D eigenvalue weighted by atomic mass is 10.0. The van der Waals surface area contributed by atoms with Crippen LogP contribution in [0.1, 0.15) is 0 Å². The Kier molecular flexibility index (Phi) is 4.49. The normalized spacial score (nSPS) is 11.7. The molecule has 8 rings (SSSR count). The molecule has 4 heteroatoms. The van der Waals surface area contributed by atoms with Crippen LogP contribution in [-0.2, 0) is 0 Å². The largest absolute Gasteiger partial charge is 0.321 e. The Morgan fingerprint density at radius 3 is 1.87 bits per heavy atom. The third-order valence-corrected chi connectivity index (χ3v) is 7.37. The van der Waals surface area contributed by atoms with Gasteiger partial charge in [-0.3, -0.25) is 4.57 Å². The summed E-state index contributed by atoms with van der Waals surface area (Å²) in [6, 6.07) is 42.3. The van der Waals surface area contributed by atoms with Crippen LogP contribution in [0.2, 0.25) is 0 Å². The maximum absolute atomic E-state index is 5.31. The molecule has 4 nitrogen and oxygen atoms in total. The Morgan fingerprint density at radius 1 is 0.474 bits per heavy atom. The summed E-state index contributed by atoms with van der Waals surface area (Å²) in [4.78, 5) is 10.5. The van der Waals surface area contributed by atoms with Crippen molar-refractivity contribution >= 4 is 43.5 Å². The lowest BCUT2D eigenvalue weighted by Gasteiger charge is -2.11. The number of fused-ring (bicyclic) bond motifs is 5. The summed E-state index contributed by atoms with van der Waals surface area (Å²) < 4.78 is 4.34. The molecule has 0 saturated carbocycles. The summed E-state index contributed by atoms with van der Waals surface area (Å²) in [6.45, 7) is 0. The Hall–Kier alpha value is -5.22. The smallest absolute Gasteiger partial charge is 0.235 e. The van der Waals surface area contributed by atoms with Crippen molar-refractivity contribution in [3.8, 4) is 22.9 Å². The molecule has 0 bridgehead atoms. The molecule has 0 radical (unpaired) electrons. The van der Waals surface area contributed by atoms with Crippen molar-refractivity contribution < 1.29 is 0 Å². The van der Waals surface area contributed by atoms with E-state index in [4.69, 9.17) is 9.97 Å². The van der Waals surface area contributed by atoms with Gasteiger partial charge in [0.1, 0.15) is 0 Å². The number of hydrogen-bond acceptors (Lipinski definition) is 2. The summed E-state index contributed by atoms with van der Waals surface area (Å²) in [6.07, 6.45) is 4.26. The monoisotopic (exact) mass is 486 g/mol. The van der Waals surface area contributed by atoms with Crippen LogP contribution in [0.5, 0.6) is 0 Å². The molecule has 0 aliphatic rings. The summed E-state index contributed by atoms with van der Waals surface area (Å²) >= 11 is 0. The quantitative estimate of drug-likeness (QED) is 0.252. The summed E-state index contributed by atoms with van der Waals surface area (Å²) in [5, 5.41) is 5.78. The van der Waals surface area contributed by atoms with Crippen molar-refractivity contribution in [2.24, 2.45) is 0 Å². The first-order valence-corrected chi connectivity index (χ1v) is 12.8. The Bertz CT molecular complexity index is 2080. The van der Waals surface area contributed by atoms with E-state index in [2.05, 4.69) is 137 Å². The first-order chi connectivity index (χ1) is 18.8. The third kappa shape index (κ3) is 3.10. The molecule has 0 unspecified atom stereocenters. The van der Waals surface area contributed by atoms with Gasteiger partial charge in [0.15, 0.2) is 0 Å². The molecular formula is C34H22N4. The van der Waals surface area contributed by atoms with Gasteiger partial charge in [-0.1, -0.05) is 97.1 Å². The predicted molar refractivity (Wildman–Crippen MR) is 156 cm³/mol. The second-order valence-electron chi connectivity index (χ2n) is 9.57. The summed E-state index contributed by atoms with van der Waals surface area (Å²) in [5.74, 6) is 0.670. The first kappa shape index (κ1) is 20.9. The highest BCUT2D eigenvalue weighted by Gasteiger charge is 2.19. The lowest BCUT2D eigenvalue weighted by molar-refractivity contribution is 1.01. The van der Waals surface area contributed by atoms with Gasteiger partial charge in [-0.2, -0.15) is 0 Å². The highest BCUT2D eigenvalue weighted by molar-refractivity contribution is 6.09. The SMILES string of the molecule is c1ccc(-n2cc3nc(-n4c5ccccc5c5ccccc54)nc(-c4cccc5ccccc45)c3c2)cc1. The molecule has 38 heavy (non-hydrogen) atoms. The van der Waals surface area contributed by atoms with Gasteiger partial charge in [0.05, 0.1) is 22.2 Å². The van der Waals surface area contributed by atoms with Gasteiger partial charge < -0.3 is 4.57 Å². The molecule has 5 aromatic carbocycles. The highest BCUT2D eigenvalue weighted by atomic mass is 15.2.